The Kier molecular flexibility index (Phi) is 5.52. The Labute approximate surface area is 139 Å². The summed E-state index contributed by atoms with van der Waals surface area (Å²) < 4.78 is 29.3. The Morgan fingerprint density at radius 3 is 2.54 bits per heavy atom. The Balaban J connectivity index is 1.89. The van der Waals surface area contributed by atoms with E-state index in [-0.39, 0.29) is 11.5 Å². The zero-order valence-electron chi connectivity index (χ0n) is 12.8. The molecule has 0 aliphatic heterocycles. The average Bonchev–Trinajstić information content (AvgIpc) is 2.58. The van der Waals surface area contributed by atoms with Crippen molar-refractivity contribution in [3.63, 3.8) is 0 Å². The number of nitriles is 1. The maximum absolute atomic E-state index is 12.0. The normalized spacial score (nSPS) is 10.7. The van der Waals surface area contributed by atoms with Crippen LogP contribution in [0.3, 0.4) is 0 Å². The third-order valence-electron chi connectivity index (χ3n) is 2.98. The van der Waals surface area contributed by atoms with E-state index in [1.807, 2.05) is 23.9 Å². The third-order valence-corrected chi connectivity index (χ3v) is 4.24. The summed E-state index contributed by atoms with van der Waals surface area (Å²) in [4.78, 5) is 13.6. The second-order valence-corrected chi connectivity index (χ2v) is 6.58. The van der Waals surface area contributed by atoms with Gasteiger partial charge in [-0.15, -0.1) is 4.83 Å². The molecule has 0 aliphatic carbocycles. The Morgan fingerprint density at radius 1 is 1.21 bits per heavy atom. The summed E-state index contributed by atoms with van der Waals surface area (Å²) in [5.41, 5.74) is 3.39. The number of ether oxygens (including phenoxy) is 1. The van der Waals surface area contributed by atoms with Crippen molar-refractivity contribution in [2.75, 3.05) is 6.61 Å². The molecule has 0 fully saturated rings. The topological polar surface area (TPSA) is 108 Å². The minimum Gasteiger partial charge on any atom is -0.484 e. The molecule has 2 aromatic rings. The number of aryl methyl sites for hydroxylation is 1. The van der Waals surface area contributed by atoms with Crippen molar-refractivity contribution in [1.82, 2.24) is 10.3 Å². The number of carbonyl (C=O) groups excluding carboxylic acids is 1. The van der Waals surface area contributed by atoms with E-state index >= 15 is 0 Å². The standard InChI is InChI=1S/C16H15N3O4S/c1-12-3-2-4-14(9-12)23-11-16(20)18-19-24(21,22)15-7-5-13(10-17)6-8-15/h2-9,19H,11H2,1H3,(H,18,20). The van der Waals surface area contributed by atoms with Gasteiger partial charge in [-0.25, -0.2) is 8.42 Å². The van der Waals surface area contributed by atoms with Crippen LogP contribution in [0.1, 0.15) is 11.1 Å². The van der Waals surface area contributed by atoms with Gasteiger partial charge >= 0.3 is 0 Å². The minimum absolute atomic E-state index is 0.0681. The highest BCUT2D eigenvalue weighted by molar-refractivity contribution is 7.89. The molecule has 0 saturated heterocycles. The molecule has 0 radical (unpaired) electrons. The predicted molar refractivity (Wildman–Crippen MR) is 86.3 cm³/mol. The van der Waals surface area contributed by atoms with Gasteiger partial charge in [-0.2, -0.15) is 5.26 Å². The first kappa shape index (κ1) is 17.5. The second-order valence-electron chi connectivity index (χ2n) is 4.90. The molecule has 0 spiro atoms. The van der Waals surface area contributed by atoms with Crippen molar-refractivity contribution in [1.29, 1.82) is 5.26 Å². The van der Waals surface area contributed by atoms with Gasteiger partial charge in [-0.3, -0.25) is 10.2 Å². The molecule has 0 bridgehead atoms. The fourth-order valence-electron chi connectivity index (χ4n) is 1.78. The largest absolute Gasteiger partial charge is 0.484 e. The summed E-state index contributed by atoms with van der Waals surface area (Å²) in [7, 11) is -3.92. The number of carbonyl (C=O) groups is 1. The van der Waals surface area contributed by atoms with E-state index < -0.39 is 15.9 Å². The Bertz CT molecular complexity index is 871. The van der Waals surface area contributed by atoms with Crippen LogP contribution >= 0.6 is 0 Å². The lowest BCUT2D eigenvalue weighted by atomic mass is 10.2. The number of hydrogen-bond donors (Lipinski definition) is 2. The fourth-order valence-corrected chi connectivity index (χ4v) is 2.64. The fraction of sp³-hybridized carbons (Fsp3) is 0.125. The van der Waals surface area contributed by atoms with E-state index in [1.165, 1.54) is 24.3 Å². The van der Waals surface area contributed by atoms with E-state index in [4.69, 9.17) is 10.00 Å². The number of nitrogens with one attached hydrogen (secondary N) is 2. The van der Waals surface area contributed by atoms with Gasteiger partial charge in [0.1, 0.15) is 5.75 Å². The van der Waals surface area contributed by atoms with Gasteiger partial charge in [-0.05, 0) is 48.9 Å². The molecule has 2 N–H and O–H groups in total. The van der Waals surface area contributed by atoms with Crippen LogP contribution in [0.5, 0.6) is 5.75 Å². The number of sulfonamides is 1. The molecule has 2 aromatic carbocycles. The predicted octanol–water partition coefficient (Wildman–Crippen LogP) is 1.26. The molecule has 124 valence electrons. The number of hydrogen-bond acceptors (Lipinski definition) is 5. The molecular weight excluding hydrogens is 330 g/mol. The second kappa shape index (κ2) is 7.59. The first-order valence-electron chi connectivity index (χ1n) is 6.91. The minimum atomic E-state index is -3.92. The molecule has 7 nitrogen and oxygen atoms in total. The maximum Gasteiger partial charge on any atom is 0.272 e. The van der Waals surface area contributed by atoms with E-state index in [9.17, 15) is 13.2 Å². The van der Waals surface area contributed by atoms with Crippen LogP contribution in [-0.4, -0.2) is 20.9 Å². The van der Waals surface area contributed by atoms with Crippen molar-refractivity contribution in [3.05, 3.63) is 59.7 Å². The van der Waals surface area contributed by atoms with Crippen molar-refractivity contribution < 1.29 is 17.9 Å². The lowest BCUT2D eigenvalue weighted by Gasteiger charge is -2.10. The molecule has 0 heterocycles. The van der Waals surface area contributed by atoms with Gasteiger partial charge in [-0.1, -0.05) is 12.1 Å². The molecule has 2 rings (SSSR count). The lowest BCUT2D eigenvalue weighted by molar-refractivity contribution is -0.123. The van der Waals surface area contributed by atoms with Crippen LogP contribution in [0.2, 0.25) is 0 Å². The maximum atomic E-state index is 12.0. The van der Waals surface area contributed by atoms with Crippen LogP contribution in [0.15, 0.2) is 53.4 Å². The van der Waals surface area contributed by atoms with E-state index in [2.05, 4.69) is 5.43 Å². The van der Waals surface area contributed by atoms with Gasteiger partial charge in [0, 0.05) is 0 Å². The Hall–Kier alpha value is -2.89. The van der Waals surface area contributed by atoms with Crippen LogP contribution in [0.4, 0.5) is 0 Å². The van der Waals surface area contributed by atoms with Gasteiger partial charge in [0.2, 0.25) is 0 Å². The van der Waals surface area contributed by atoms with Crippen LogP contribution < -0.4 is 15.0 Å². The van der Waals surface area contributed by atoms with Crippen LogP contribution in [-0.2, 0) is 14.8 Å². The summed E-state index contributed by atoms with van der Waals surface area (Å²) >= 11 is 0. The van der Waals surface area contributed by atoms with Gasteiger partial charge < -0.3 is 4.74 Å². The highest BCUT2D eigenvalue weighted by atomic mass is 32.2. The molecule has 24 heavy (non-hydrogen) atoms. The van der Waals surface area contributed by atoms with Crippen LogP contribution in [0.25, 0.3) is 0 Å². The average molecular weight is 345 g/mol. The van der Waals surface area contributed by atoms with Gasteiger partial charge in [0.05, 0.1) is 16.5 Å². The van der Waals surface area contributed by atoms with Crippen molar-refractivity contribution in [2.24, 2.45) is 0 Å². The number of amides is 1. The SMILES string of the molecule is Cc1cccc(OCC(=O)NNS(=O)(=O)c2ccc(C#N)cc2)c1. The van der Waals surface area contributed by atoms with Gasteiger partial charge in [0.15, 0.2) is 6.61 Å². The zero-order valence-corrected chi connectivity index (χ0v) is 13.6. The third kappa shape index (κ3) is 4.81. The van der Waals surface area contributed by atoms with Gasteiger partial charge in [0.25, 0.3) is 15.9 Å². The molecule has 0 aliphatic rings. The Morgan fingerprint density at radius 2 is 1.92 bits per heavy atom. The number of hydrazine groups is 1. The van der Waals surface area contributed by atoms with Crippen molar-refractivity contribution in [3.8, 4) is 11.8 Å². The van der Waals surface area contributed by atoms with E-state index in [0.717, 1.165) is 5.56 Å². The summed E-state index contributed by atoms with van der Waals surface area (Å²) in [6, 6.07) is 14.3. The quantitative estimate of drug-likeness (QED) is 0.766. The number of nitrogens with zero attached hydrogens (tertiary/aromatic N) is 1. The molecule has 0 aromatic heterocycles. The summed E-state index contributed by atoms with van der Waals surface area (Å²) in [5.74, 6) is -0.131. The molecular formula is C16H15N3O4S. The lowest BCUT2D eigenvalue weighted by Crippen LogP contribution is -2.43. The number of rotatable bonds is 6. The summed E-state index contributed by atoms with van der Waals surface area (Å²) in [6.07, 6.45) is 0. The first-order chi connectivity index (χ1) is 11.4. The summed E-state index contributed by atoms with van der Waals surface area (Å²) in [5, 5.41) is 8.69. The number of benzene rings is 2. The molecule has 0 saturated carbocycles. The smallest absolute Gasteiger partial charge is 0.272 e. The van der Waals surface area contributed by atoms with Crippen molar-refractivity contribution in [2.45, 2.75) is 11.8 Å². The van der Waals surface area contributed by atoms with Crippen LogP contribution in [0, 0.1) is 18.3 Å². The highest BCUT2D eigenvalue weighted by Crippen LogP contribution is 2.12. The van der Waals surface area contributed by atoms with Crippen molar-refractivity contribution >= 4 is 15.9 Å². The molecule has 0 unspecified atom stereocenters. The highest BCUT2D eigenvalue weighted by Gasteiger charge is 2.15. The summed E-state index contributed by atoms with van der Waals surface area (Å²) in [6.45, 7) is 1.55. The monoisotopic (exact) mass is 345 g/mol. The molecule has 0 atom stereocenters. The molecule has 8 heteroatoms. The van der Waals surface area contributed by atoms with E-state index in [0.29, 0.717) is 11.3 Å². The first-order valence-corrected chi connectivity index (χ1v) is 8.39. The van der Waals surface area contributed by atoms with E-state index in [1.54, 1.807) is 18.2 Å². The zero-order chi connectivity index (χ0) is 17.6. The molecule has 1 amide bonds.